The zero-order valence-corrected chi connectivity index (χ0v) is 16.3. The predicted molar refractivity (Wildman–Crippen MR) is 107 cm³/mol. The number of nitrogens with one attached hydrogen (secondary N) is 3. The molecule has 27 heavy (non-hydrogen) atoms. The van der Waals surface area contributed by atoms with Crippen LogP contribution in [-0.4, -0.2) is 25.1 Å². The van der Waals surface area contributed by atoms with Gasteiger partial charge in [0.25, 0.3) is 5.91 Å². The van der Waals surface area contributed by atoms with E-state index in [-0.39, 0.29) is 18.0 Å². The Kier molecular flexibility index (Phi) is 7.37. The molecule has 0 spiro atoms. The smallest absolute Gasteiger partial charge is 0.319 e. The number of carbonyl (C=O) groups excluding carboxylic acids is 2. The molecule has 144 valence electrons. The van der Waals surface area contributed by atoms with E-state index in [0.717, 1.165) is 16.7 Å². The SMILES string of the molecule is CNC(=O)c1ccc(NC(=O)NCc2ccc(COC(C)C)cc2)c(C)c1. The lowest BCUT2D eigenvalue weighted by atomic mass is 10.1. The largest absolute Gasteiger partial charge is 0.374 e. The third-order valence-electron chi connectivity index (χ3n) is 4.02. The number of ether oxygens (including phenoxy) is 1. The Bertz CT molecular complexity index is 786. The molecular formula is C21H27N3O3. The standard InChI is InChI=1S/C21H27N3O3/c1-14(2)27-13-17-7-5-16(6-8-17)12-23-21(26)24-19-10-9-18(11-15(19)3)20(25)22-4/h5-11,14H,12-13H2,1-4H3,(H,22,25)(H2,23,24,26). The fourth-order valence-electron chi connectivity index (χ4n) is 2.45. The number of benzene rings is 2. The lowest BCUT2D eigenvalue weighted by Crippen LogP contribution is -2.28. The summed E-state index contributed by atoms with van der Waals surface area (Å²) in [7, 11) is 1.58. The van der Waals surface area contributed by atoms with E-state index in [2.05, 4.69) is 16.0 Å². The van der Waals surface area contributed by atoms with Crippen LogP contribution in [0.2, 0.25) is 0 Å². The van der Waals surface area contributed by atoms with Crippen molar-refractivity contribution in [3.63, 3.8) is 0 Å². The highest BCUT2D eigenvalue weighted by molar-refractivity contribution is 5.96. The summed E-state index contributed by atoms with van der Waals surface area (Å²) in [5.74, 6) is -0.156. The molecule has 0 atom stereocenters. The average molecular weight is 369 g/mol. The zero-order valence-electron chi connectivity index (χ0n) is 16.3. The molecule has 0 radical (unpaired) electrons. The predicted octanol–water partition coefficient (Wildman–Crippen LogP) is 3.60. The molecule has 0 aliphatic heterocycles. The summed E-state index contributed by atoms with van der Waals surface area (Å²) in [4.78, 5) is 23.8. The van der Waals surface area contributed by atoms with Crippen LogP contribution in [0, 0.1) is 6.92 Å². The lowest BCUT2D eigenvalue weighted by molar-refractivity contribution is 0.0657. The lowest BCUT2D eigenvalue weighted by Gasteiger charge is -2.12. The Morgan fingerprint density at radius 2 is 1.70 bits per heavy atom. The van der Waals surface area contributed by atoms with Gasteiger partial charge in [0.2, 0.25) is 0 Å². The third-order valence-corrected chi connectivity index (χ3v) is 4.02. The summed E-state index contributed by atoms with van der Waals surface area (Å²) in [5.41, 5.74) is 4.15. The Morgan fingerprint density at radius 1 is 1.04 bits per heavy atom. The van der Waals surface area contributed by atoms with E-state index in [0.29, 0.717) is 24.4 Å². The fraction of sp³-hybridized carbons (Fsp3) is 0.333. The molecule has 0 heterocycles. The highest BCUT2D eigenvalue weighted by Gasteiger charge is 2.08. The Balaban J connectivity index is 1.86. The van der Waals surface area contributed by atoms with Crippen LogP contribution < -0.4 is 16.0 Å². The summed E-state index contributed by atoms with van der Waals surface area (Å²) < 4.78 is 5.57. The molecule has 0 saturated carbocycles. The first-order valence-electron chi connectivity index (χ1n) is 8.96. The van der Waals surface area contributed by atoms with E-state index in [1.54, 1.807) is 25.2 Å². The van der Waals surface area contributed by atoms with Crippen LogP contribution in [0.4, 0.5) is 10.5 Å². The molecule has 0 bridgehead atoms. The van der Waals surface area contributed by atoms with E-state index in [1.807, 2.05) is 45.0 Å². The van der Waals surface area contributed by atoms with Gasteiger partial charge in [0.1, 0.15) is 0 Å². The first-order valence-corrected chi connectivity index (χ1v) is 8.96. The number of hydrogen-bond donors (Lipinski definition) is 3. The van der Waals surface area contributed by atoms with Crippen molar-refractivity contribution < 1.29 is 14.3 Å². The zero-order chi connectivity index (χ0) is 19.8. The van der Waals surface area contributed by atoms with Crippen molar-refractivity contribution in [2.75, 3.05) is 12.4 Å². The van der Waals surface area contributed by atoms with Crippen LogP contribution in [0.15, 0.2) is 42.5 Å². The molecule has 6 heteroatoms. The second-order valence-corrected chi connectivity index (χ2v) is 6.59. The second-order valence-electron chi connectivity index (χ2n) is 6.59. The van der Waals surface area contributed by atoms with Gasteiger partial charge in [-0.25, -0.2) is 4.79 Å². The molecule has 2 aromatic carbocycles. The van der Waals surface area contributed by atoms with Crippen LogP contribution in [-0.2, 0) is 17.9 Å². The number of anilines is 1. The molecule has 3 N–H and O–H groups in total. The van der Waals surface area contributed by atoms with Crippen LogP contribution in [0.3, 0.4) is 0 Å². The summed E-state index contributed by atoms with van der Waals surface area (Å²) in [6, 6.07) is 12.8. The van der Waals surface area contributed by atoms with Gasteiger partial charge < -0.3 is 20.7 Å². The van der Waals surface area contributed by atoms with Crippen molar-refractivity contribution in [2.45, 2.75) is 40.0 Å². The number of aryl methyl sites for hydroxylation is 1. The monoisotopic (exact) mass is 369 g/mol. The molecule has 2 aromatic rings. The van der Waals surface area contributed by atoms with Gasteiger partial charge in [-0.1, -0.05) is 24.3 Å². The van der Waals surface area contributed by atoms with Gasteiger partial charge in [0, 0.05) is 24.8 Å². The first-order chi connectivity index (χ1) is 12.9. The minimum Gasteiger partial charge on any atom is -0.374 e. The Labute approximate surface area is 160 Å². The van der Waals surface area contributed by atoms with Crippen molar-refractivity contribution >= 4 is 17.6 Å². The summed E-state index contributed by atoms with van der Waals surface area (Å²) in [6.07, 6.45) is 0.198. The molecule has 0 unspecified atom stereocenters. The number of amides is 3. The van der Waals surface area contributed by atoms with Crippen LogP contribution in [0.1, 0.15) is 40.9 Å². The third kappa shape index (κ3) is 6.42. The van der Waals surface area contributed by atoms with Gasteiger partial charge in [0.15, 0.2) is 0 Å². The van der Waals surface area contributed by atoms with Crippen molar-refractivity contribution in [1.29, 1.82) is 0 Å². The van der Waals surface area contributed by atoms with Crippen molar-refractivity contribution in [2.24, 2.45) is 0 Å². The quantitative estimate of drug-likeness (QED) is 0.698. The number of carbonyl (C=O) groups is 2. The Morgan fingerprint density at radius 3 is 2.30 bits per heavy atom. The summed E-state index contributed by atoms with van der Waals surface area (Å²) in [6.45, 7) is 6.86. The molecule has 0 saturated heterocycles. The number of rotatable bonds is 7. The Hall–Kier alpha value is -2.86. The molecule has 6 nitrogen and oxygen atoms in total. The highest BCUT2D eigenvalue weighted by atomic mass is 16.5. The van der Waals surface area contributed by atoms with Crippen LogP contribution >= 0.6 is 0 Å². The maximum absolute atomic E-state index is 12.1. The van der Waals surface area contributed by atoms with Gasteiger partial charge in [-0.2, -0.15) is 0 Å². The molecule has 0 aliphatic rings. The fourth-order valence-corrected chi connectivity index (χ4v) is 2.45. The molecular weight excluding hydrogens is 342 g/mol. The first kappa shape index (κ1) is 20.5. The normalized spacial score (nSPS) is 10.6. The maximum Gasteiger partial charge on any atom is 0.319 e. The highest BCUT2D eigenvalue weighted by Crippen LogP contribution is 2.16. The molecule has 0 aromatic heterocycles. The van der Waals surface area contributed by atoms with Crippen LogP contribution in [0.25, 0.3) is 0 Å². The topological polar surface area (TPSA) is 79.5 Å². The number of hydrogen-bond acceptors (Lipinski definition) is 3. The van der Waals surface area contributed by atoms with Gasteiger partial charge in [-0.05, 0) is 55.7 Å². The molecule has 0 fully saturated rings. The average Bonchev–Trinajstić information content (AvgIpc) is 2.66. The van der Waals surface area contributed by atoms with E-state index in [1.165, 1.54) is 0 Å². The van der Waals surface area contributed by atoms with Gasteiger partial charge in [-0.3, -0.25) is 4.79 Å². The minimum absolute atomic E-state index is 0.156. The van der Waals surface area contributed by atoms with Crippen molar-refractivity contribution in [3.8, 4) is 0 Å². The van der Waals surface area contributed by atoms with Crippen molar-refractivity contribution in [1.82, 2.24) is 10.6 Å². The van der Waals surface area contributed by atoms with E-state index < -0.39 is 0 Å². The van der Waals surface area contributed by atoms with Crippen molar-refractivity contribution in [3.05, 3.63) is 64.7 Å². The summed E-state index contributed by atoms with van der Waals surface area (Å²) in [5, 5.41) is 8.22. The van der Waals surface area contributed by atoms with E-state index >= 15 is 0 Å². The van der Waals surface area contributed by atoms with Gasteiger partial charge >= 0.3 is 6.03 Å². The van der Waals surface area contributed by atoms with Gasteiger partial charge in [-0.15, -0.1) is 0 Å². The minimum atomic E-state index is -0.294. The van der Waals surface area contributed by atoms with Crippen LogP contribution in [0.5, 0.6) is 0 Å². The number of urea groups is 1. The van der Waals surface area contributed by atoms with E-state index in [9.17, 15) is 9.59 Å². The summed E-state index contributed by atoms with van der Waals surface area (Å²) >= 11 is 0. The molecule has 0 aliphatic carbocycles. The second kappa shape index (κ2) is 9.73. The van der Waals surface area contributed by atoms with E-state index in [4.69, 9.17) is 4.74 Å². The maximum atomic E-state index is 12.1. The van der Waals surface area contributed by atoms with Gasteiger partial charge in [0.05, 0.1) is 12.7 Å². The molecule has 3 amide bonds. The molecule has 2 rings (SSSR count).